The lowest BCUT2D eigenvalue weighted by atomic mass is 9.91. The van der Waals surface area contributed by atoms with Crippen molar-refractivity contribution in [2.45, 2.75) is 12.6 Å². The van der Waals surface area contributed by atoms with Gasteiger partial charge in [-0.2, -0.15) is 0 Å². The Morgan fingerprint density at radius 3 is 2.57 bits per heavy atom. The van der Waals surface area contributed by atoms with Crippen molar-refractivity contribution in [2.24, 2.45) is 5.92 Å². The first-order chi connectivity index (χ1) is 6.59. The molecule has 1 rings (SSSR count). The molecule has 0 aliphatic heterocycles. The van der Waals surface area contributed by atoms with Gasteiger partial charge in [0.2, 0.25) is 5.76 Å². The summed E-state index contributed by atoms with van der Waals surface area (Å²) in [6, 6.07) is 0. The van der Waals surface area contributed by atoms with Crippen LogP contribution in [-0.4, -0.2) is 24.9 Å². The van der Waals surface area contributed by atoms with E-state index in [1.807, 2.05) is 0 Å². The summed E-state index contributed by atoms with van der Waals surface area (Å²) in [5, 5.41) is 11.0. The second kappa shape index (κ2) is 3.79. The maximum absolute atomic E-state index is 11.0. The van der Waals surface area contributed by atoms with Crippen LogP contribution in [0.15, 0.2) is 24.0 Å². The highest BCUT2D eigenvalue weighted by molar-refractivity contribution is 5.23. The average Bonchev–Trinajstić information content (AvgIpc) is 2.17. The number of nitro groups is 1. The average molecular weight is 199 g/mol. The van der Waals surface area contributed by atoms with Crippen molar-refractivity contribution in [2.75, 3.05) is 14.2 Å². The Kier molecular flexibility index (Phi) is 2.90. The Bertz CT molecular complexity index is 297. The molecule has 0 spiro atoms. The van der Waals surface area contributed by atoms with Crippen LogP contribution in [0.2, 0.25) is 0 Å². The fraction of sp³-hybridized carbons (Fsp3) is 0.556. The van der Waals surface area contributed by atoms with Crippen molar-refractivity contribution in [3.05, 3.63) is 34.1 Å². The molecule has 2 atom stereocenters. The number of rotatable bonds is 3. The Morgan fingerprint density at radius 1 is 1.57 bits per heavy atom. The van der Waals surface area contributed by atoms with E-state index in [-0.39, 0.29) is 11.7 Å². The molecule has 0 aromatic heterocycles. The van der Waals surface area contributed by atoms with E-state index in [4.69, 9.17) is 9.47 Å². The van der Waals surface area contributed by atoms with Gasteiger partial charge in [0.25, 0.3) is 0 Å². The minimum absolute atomic E-state index is 0.222. The van der Waals surface area contributed by atoms with Crippen LogP contribution in [0.1, 0.15) is 6.92 Å². The van der Waals surface area contributed by atoms with E-state index >= 15 is 0 Å². The van der Waals surface area contributed by atoms with Crippen LogP contribution in [0, 0.1) is 16.0 Å². The lowest BCUT2D eigenvalue weighted by Gasteiger charge is -2.30. The van der Waals surface area contributed by atoms with E-state index in [0.717, 1.165) is 0 Å². The van der Waals surface area contributed by atoms with Crippen LogP contribution in [-0.2, 0) is 9.47 Å². The first-order valence-corrected chi connectivity index (χ1v) is 4.22. The van der Waals surface area contributed by atoms with Crippen LogP contribution < -0.4 is 0 Å². The molecule has 1 aliphatic carbocycles. The summed E-state index contributed by atoms with van der Waals surface area (Å²) in [7, 11) is 2.71. The zero-order valence-corrected chi connectivity index (χ0v) is 8.39. The number of allylic oxidation sites excluding steroid dienone is 2. The predicted molar refractivity (Wildman–Crippen MR) is 50.1 cm³/mol. The molecule has 0 bridgehead atoms. The summed E-state index contributed by atoms with van der Waals surface area (Å²) in [5.74, 6) is -0.137. The monoisotopic (exact) mass is 199 g/mol. The van der Waals surface area contributed by atoms with Crippen molar-refractivity contribution in [1.29, 1.82) is 0 Å². The number of hydrogen-bond donors (Lipinski definition) is 0. The zero-order valence-electron chi connectivity index (χ0n) is 8.39. The largest absolute Gasteiger partial charge is 0.492 e. The van der Waals surface area contributed by atoms with E-state index < -0.39 is 10.6 Å². The van der Waals surface area contributed by atoms with Gasteiger partial charge in [0, 0.05) is 7.11 Å². The van der Waals surface area contributed by atoms with Crippen molar-refractivity contribution < 1.29 is 14.4 Å². The highest BCUT2D eigenvalue weighted by Crippen LogP contribution is 2.34. The second-order valence-electron chi connectivity index (χ2n) is 3.07. The van der Waals surface area contributed by atoms with Gasteiger partial charge in [0.1, 0.15) is 0 Å². The molecule has 0 amide bonds. The fourth-order valence-corrected chi connectivity index (χ4v) is 1.62. The normalized spacial score (nSPS) is 31.1. The highest BCUT2D eigenvalue weighted by atomic mass is 16.7. The maximum atomic E-state index is 11.0. The summed E-state index contributed by atoms with van der Waals surface area (Å²) in [5.41, 5.74) is -1.58. The summed E-state index contributed by atoms with van der Waals surface area (Å²) >= 11 is 0. The number of hydrogen-bond acceptors (Lipinski definition) is 4. The number of nitrogens with zero attached hydrogens (tertiary/aromatic N) is 1. The Morgan fingerprint density at radius 2 is 2.21 bits per heavy atom. The molecule has 78 valence electrons. The summed E-state index contributed by atoms with van der Waals surface area (Å²) < 4.78 is 9.99. The molecular weight excluding hydrogens is 186 g/mol. The summed E-state index contributed by atoms with van der Waals surface area (Å²) in [6.45, 7) is 1.72. The highest BCUT2D eigenvalue weighted by Gasteiger charge is 2.54. The van der Waals surface area contributed by atoms with Gasteiger partial charge in [-0.1, -0.05) is 12.2 Å². The molecule has 0 radical (unpaired) electrons. The van der Waals surface area contributed by atoms with Crippen LogP contribution in [0.5, 0.6) is 0 Å². The molecule has 0 fully saturated rings. The molecular formula is C9H13NO4. The standard InChI is InChI=1S/C9H13NO4/c1-7-5-4-6-8(13-2)9(7,14-3)10(11)12/h4-7H,1-3H3. The first kappa shape index (κ1) is 10.7. The summed E-state index contributed by atoms with van der Waals surface area (Å²) in [6.07, 6.45) is 4.99. The van der Waals surface area contributed by atoms with Crippen LogP contribution in [0.4, 0.5) is 0 Å². The molecule has 5 heteroatoms. The van der Waals surface area contributed by atoms with Crippen molar-refractivity contribution >= 4 is 0 Å². The third kappa shape index (κ3) is 1.29. The van der Waals surface area contributed by atoms with Crippen molar-refractivity contribution in [1.82, 2.24) is 0 Å². The molecule has 0 aromatic rings. The molecule has 0 saturated heterocycles. The van der Waals surface area contributed by atoms with Gasteiger partial charge < -0.3 is 9.47 Å². The smallest absolute Gasteiger partial charge is 0.388 e. The van der Waals surface area contributed by atoms with Gasteiger partial charge >= 0.3 is 5.72 Å². The quantitative estimate of drug-likeness (QED) is 0.391. The molecule has 5 nitrogen and oxygen atoms in total. The van der Waals surface area contributed by atoms with Crippen molar-refractivity contribution in [3.63, 3.8) is 0 Å². The third-order valence-electron chi connectivity index (χ3n) is 2.42. The van der Waals surface area contributed by atoms with Gasteiger partial charge in [0.15, 0.2) is 0 Å². The number of methoxy groups -OCH3 is 2. The number of ether oxygens (including phenoxy) is 2. The van der Waals surface area contributed by atoms with Crippen LogP contribution in [0.3, 0.4) is 0 Å². The van der Waals surface area contributed by atoms with Crippen molar-refractivity contribution in [3.8, 4) is 0 Å². The van der Waals surface area contributed by atoms with Gasteiger partial charge in [0.05, 0.1) is 18.0 Å². The predicted octanol–water partition coefficient (Wildman–Crippen LogP) is 1.34. The molecule has 0 N–H and O–H groups in total. The van der Waals surface area contributed by atoms with Crippen LogP contribution >= 0.6 is 0 Å². The minimum atomic E-state index is -1.58. The van der Waals surface area contributed by atoms with E-state index in [0.29, 0.717) is 0 Å². The minimum Gasteiger partial charge on any atom is -0.492 e. The topological polar surface area (TPSA) is 61.6 Å². The van der Waals surface area contributed by atoms with Gasteiger partial charge in [-0.3, -0.25) is 10.1 Å². The Hall–Kier alpha value is -1.36. The maximum Gasteiger partial charge on any atom is 0.388 e. The summed E-state index contributed by atoms with van der Waals surface area (Å²) in [4.78, 5) is 10.6. The lowest BCUT2D eigenvalue weighted by molar-refractivity contribution is -0.627. The zero-order chi connectivity index (χ0) is 10.8. The molecule has 2 unspecified atom stereocenters. The second-order valence-corrected chi connectivity index (χ2v) is 3.07. The molecule has 0 heterocycles. The van der Waals surface area contributed by atoms with E-state index in [9.17, 15) is 10.1 Å². The Balaban J connectivity index is 3.19. The van der Waals surface area contributed by atoms with Gasteiger partial charge in [-0.25, -0.2) is 0 Å². The van der Waals surface area contributed by atoms with Crippen LogP contribution in [0.25, 0.3) is 0 Å². The first-order valence-electron chi connectivity index (χ1n) is 4.22. The molecule has 1 aliphatic rings. The molecule has 0 saturated carbocycles. The SMILES string of the molecule is COC1=CC=CC(C)C1(OC)[N+](=O)[O-]. The molecule has 0 aromatic carbocycles. The van der Waals surface area contributed by atoms with Gasteiger partial charge in [-0.15, -0.1) is 0 Å². The molecule has 14 heavy (non-hydrogen) atoms. The van der Waals surface area contributed by atoms with E-state index in [1.165, 1.54) is 14.2 Å². The Labute approximate surface area is 82.2 Å². The lowest BCUT2D eigenvalue weighted by Crippen LogP contribution is -2.49. The van der Waals surface area contributed by atoms with E-state index in [1.54, 1.807) is 25.2 Å². The third-order valence-corrected chi connectivity index (χ3v) is 2.42. The fourth-order valence-electron chi connectivity index (χ4n) is 1.62. The van der Waals surface area contributed by atoms with E-state index in [2.05, 4.69) is 0 Å². The van der Waals surface area contributed by atoms with Gasteiger partial charge in [-0.05, 0) is 13.0 Å².